The molecule has 0 amide bonds. The van der Waals surface area contributed by atoms with E-state index in [0.29, 0.717) is 16.9 Å². The van der Waals surface area contributed by atoms with E-state index in [1.165, 1.54) is 5.69 Å². The molecule has 1 aromatic heterocycles. The molecule has 2 rings (SSSR count). The molecule has 18 heavy (non-hydrogen) atoms. The van der Waals surface area contributed by atoms with Gasteiger partial charge in [0.25, 0.3) is 0 Å². The van der Waals surface area contributed by atoms with Crippen LogP contribution in [0.4, 0.5) is 0 Å². The number of nitrogens with zero attached hydrogens (tertiary/aromatic N) is 2. The van der Waals surface area contributed by atoms with Crippen molar-refractivity contribution in [1.29, 1.82) is 0 Å². The van der Waals surface area contributed by atoms with Crippen LogP contribution in [0.15, 0.2) is 6.07 Å². The smallest absolute Gasteiger partial charge is 0.0596 e. The fraction of sp³-hybridized carbons (Fsp3) is 0.800. The quantitative estimate of drug-likeness (QED) is 0.888. The summed E-state index contributed by atoms with van der Waals surface area (Å²) in [6.45, 7) is 11.6. The Morgan fingerprint density at radius 1 is 1.33 bits per heavy atom. The molecular formula is C15H27N3. The Bertz CT molecular complexity index is 429. The highest BCUT2D eigenvalue weighted by molar-refractivity contribution is 5.19. The lowest BCUT2D eigenvalue weighted by Crippen LogP contribution is -2.33. The van der Waals surface area contributed by atoms with Crippen molar-refractivity contribution in [3.8, 4) is 0 Å². The molecule has 1 heterocycles. The molecule has 0 saturated heterocycles. The monoisotopic (exact) mass is 249 g/mol. The molecule has 3 nitrogen and oxygen atoms in total. The first-order valence-electron chi connectivity index (χ1n) is 6.88. The van der Waals surface area contributed by atoms with Crippen molar-refractivity contribution in [1.82, 2.24) is 15.1 Å². The average molecular weight is 249 g/mol. The fourth-order valence-corrected chi connectivity index (χ4v) is 3.72. The Balaban J connectivity index is 2.15. The van der Waals surface area contributed by atoms with Crippen molar-refractivity contribution in [2.75, 3.05) is 7.05 Å². The van der Waals surface area contributed by atoms with Gasteiger partial charge >= 0.3 is 0 Å². The zero-order valence-electron chi connectivity index (χ0n) is 12.8. The SMILES string of the molecule is CNC(Cc1cc(C)nn1C)C1C(C)(C)C1(C)C. The van der Waals surface area contributed by atoms with E-state index in [9.17, 15) is 0 Å². The third-order valence-electron chi connectivity index (χ3n) is 5.43. The molecule has 1 fully saturated rings. The van der Waals surface area contributed by atoms with E-state index < -0.39 is 0 Å². The number of aromatic nitrogens is 2. The molecular weight excluding hydrogens is 222 g/mol. The number of hydrogen-bond acceptors (Lipinski definition) is 2. The fourth-order valence-electron chi connectivity index (χ4n) is 3.72. The Kier molecular flexibility index (Phi) is 3.09. The van der Waals surface area contributed by atoms with Crippen LogP contribution in [-0.4, -0.2) is 22.9 Å². The van der Waals surface area contributed by atoms with Crippen molar-refractivity contribution in [3.63, 3.8) is 0 Å². The Morgan fingerprint density at radius 3 is 2.22 bits per heavy atom. The van der Waals surface area contributed by atoms with Crippen LogP contribution in [-0.2, 0) is 13.5 Å². The van der Waals surface area contributed by atoms with Crippen molar-refractivity contribution < 1.29 is 0 Å². The summed E-state index contributed by atoms with van der Waals surface area (Å²) in [4.78, 5) is 0. The van der Waals surface area contributed by atoms with Gasteiger partial charge in [-0.15, -0.1) is 0 Å². The van der Waals surface area contributed by atoms with Crippen LogP contribution < -0.4 is 5.32 Å². The zero-order valence-corrected chi connectivity index (χ0v) is 12.8. The minimum Gasteiger partial charge on any atom is -0.316 e. The van der Waals surface area contributed by atoms with E-state index in [1.807, 2.05) is 11.7 Å². The van der Waals surface area contributed by atoms with E-state index in [1.54, 1.807) is 0 Å². The lowest BCUT2D eigenvalue weighted by molar-refractivity contribution is 0.413. The molecule has 102 valence electrons. The summed E-state index contributed by atoms with van der Waals surface area (Å²) in [5.74, 6) is 0.727. The van der Waals surface area contributed by atoms with Crippen LogP contribution in [0.2, 0.25) is 0 Å². The lowest BCUT2D eigenvalue weighted by atomic mass is 9.99. The lowest BCUT2D eigenvalue weighted by Gasteiger charge is -2.18. The second-order valence-electron chi connectivity index (χ2n) is 6.92. The second kappa shape index (κ2) is 4.09. The van der Waals surface area contributed by atoms with Crippen molar-refractivity contribution >= 4 is 0 Å². The summed E-state index contributed by atoms with van der Waals surface area (Å²) in [5, 5.41) is 7.96. The normalized spacial score (nSPS) is 23.1. The molecule has 1 saturated carbocycles. The van der Waals surface area contributed by atoms with Gasteiger partial charge in [-0.3, -0.25) is 4.68 Å². The maximum atomic E-state index is 4.44. The largest absolute Gasteiger partial charge is 0.316 e. The van der Waals surface area contributed by atoms with Crippen LogP contribution in [0.5, 0.6) is 0 Å². The molecule has 1 unspecified atom stereocenters. The van der Waals surface area contributed by atoms with Crippen LogP contribution in [0.25, 0.3) is 0 Å². The molecule has 3 heteroatoms. The van der Waals surface area contributed by atoms with E-state index in [-0.39, 0.29) is 0 Å². The van der Waals surface area contributed by atoms with Crippen molar-refractivity contribution in [3.05, 3.63) is 17.5 Å². The summed E-state index contributed by atoms with van der Waals surface area (Å²) in [6, 6.07) is 2.73. The summed E-state index contributed by atoms with van der Waals surface area (Å²) in [7, 11) is 4.12. The minimum atomic E-state index is 0.425. The maximum absolute atomic E-state index is 4.44. The topological polar surface area (TPSA) is 29.9 Å². The molecule has 1 N–H and O–H groups in total. The van der Waals surface area contributed by atoms with Crippen LogP contribution in [0.3, 0.4) is 0 Å². The highest BCUT2D eigenvalue weighted by atomic mass is 15.3. The number of hydrogen-bond donors (Lipinski definition) is 1. The molecule has 0 radical (unpaired) electrons. The first-order valence-corrected chi connectivity index (χ1v) is 6.88. The predicted molar refractivity (Wildman–Crippen MR) is 75.5 cm³/mol. The highest BCUT2D eigenvalue weighted by Crippen LogP contribution is 2.69. The number of nitrogens with one attached hydrogen (secondary N) is 1. The van der Waals surface area contributed by atoms with Gasteiger partial charge < -0.3 is 5.32 Å². The summed E-state index contributed by atoms with van der Waals surface area (Å²) in [5.41, 5.74) is 3.28. The van der Waals surface area contributed by atoms with Crippen LogP contribution in [0, 0.1) is 23.7 Å². The highest BCUT2D eigenvalue weighted by Gasteiger charge is 2.66. The van der Waals surface area contributed by atoms with Crippen molar-refractivity contribution in [2.45, 2.75) is 47.1 Å². The van der Waals surface area contributed by atoms with Gasteiger partial charge in [-0.25, -0.2) is 0 Å². The molecule has 1 aromatic rings. The number of rotatable bonds is 4. The average Bonchev–Trinajstić information content (AvgIpc) is 2.52. The zero-order chi connectivity index (χ0) is 13.7. The Hall–Kier alpha value is -0.830. The molecule has 0 aliphatic heterocycles. The van der Waals surface area contributed by atoms with Gasteiger partial charge in [-0.1, -0.05) is 27.7 Å². The summed E-state index contributed by atoms with van der Waals surface area (Å²) < 4.78 is 2.02. The molecule has 0 aromatic carbocycles. The molecule has 1 aliphatic carbocycles. The predicted octanol–water partition coefficient (Wildman–Crippen LogP) is 2.54. The van der Waals surface area contributed by atoms with Gasteiger partial charge in [0.1, 0.15) is 0 Å². The van der Waals surface area contributed by atoms with Crippen molar-refractivity contribution in [2.24, 2.45) is 23.8 Å². The third-order valence-corrected chi connectivity index (χ3v) is 5.43. The van der Waals surface area contributed by atoms with Gasteiger partial charge in [-0.05, 0) is 36.8 Å². The number of aryl methyl sites for hydroxylation is 2. The van der Waals surface area contributed by atoms with Crippen LogP contribution in [0.1, 0.15) is 39.1 Å². The summed E-state index contributed by atoms with van der Waals surface area (Å²) in [6.07, 6.45) is 1.06. The Labute approximate surface area is 111 Å². The van der Waals surface area contributed by atoms with E-state index in [2.05, 4.69) is 58.1 Å². The summed E-state index contributed by atoms with van der Waals surface area (Å²) >= 11 is 0. The number of likely N-dealkylation sites (N-methyl/N-ethyl adjacent to an activating group) is 1. The molecule has 0 spiro atoms. The van der Waals surface area contributed by atoms with Gasteiger partial charge in [0.2, 0.25) is 0 Å². The van der Waals surface area contributed by atoms with E-state index in [0.717, 1.165) is 18.0 Å². The first kappa shape index (κ1) is 13.6. The third kappa shape index (κ3) is 1.89. The van der Waals surface area contributed by atoms with E-state index >= 15 is 0 Å². The standard InChI is InChI=1S/C15H27N3/c1-10-8-11(18(7)17-10)9-12(16-6)13-14(2,3)15(13,4)5/h8,12-13,16H,9H2,1-7H3. The first-order chi connectivity index (χ1) is 8.21. The molecule has 1 atom stereocenters. The van der Waals surface area contributed by atoms with Crippen LogP contribution >= 0.6 is 0 Å². The minimum absolute atomic E-state index is 0.425. The van der Waals surface area contributed by atoms with E-state index in [4.69, 9.17) is 0 Å². The van der Waals surface area contributed by atoms with Gasteiger partial charge in [-0.2, -0.15) is 5.10 Å². The van der Waals surface area contributed by atoms with Gasteiger partial charge in [0.15, 0.2) is 0 Å². The van der Waals surface area contributed by atoms with Gasteiger partial charge in [0.05, 0.1) is 5.69 Å². The maximum Gasteiger partial charge on any atom is 0.0596 e. The second-order valence-corrected chi connectivity index (χ2v) is 6.92. The molecule has 1 aliphatic rings. The Morgan fingerprint density at radius 2 is 1.89 bits per heavy atom. The van der Waals surface area contributed by atoms with Gasteiger partial charge in [0, 0.05) is 25.2 Å². The molecule has 0 bridgehead atoms.